The molecule has 0 heterocycles. The molecule has 0 aromatic heterocycles. The molecule has 0 aliphatic rings. The Morgan fingerprint density at radius 3 is 1.48 bits per heavy atom. The number of unbranched alkanes of at least 4 members (excludes halogenated alkanes) is 15. The number of carboxylic acids is 1. The van der Waals surface area contributed by atoms with E-state index in [-0.39, 0.29) is 48.9 Å². The average Bonchev–Trinajstić information content (AvgIpc) is 2.75. The first-order chi connectivity index (χ1) is 14.7. The maximum absolute atomic E-state index is 12.0. The van der Waals surface area contributed by atoms with Gasteiger partial charge < -0.3 is 14.6 Å². The Labute approximate surface area is 219 Å². The maximum Gasteiger partial charge on any atom is 2.00 e. The number of rotatable bonds is 19. The number of carboxylic acid groups (broad SMARTS) is 1. The molecular formula is C26H41CaO4+. The van der Waals surface area contributed by atoms with Crippen molar-refractivity contribution in [3.63, 3.8) is 0 Å². The minimum absolute atomic E-state index is 0. The van der Waals surface area contributed by atoms with E-state index in [0.717, 1.165) is 19.3 Å². The second-order valence-electron chi connectivity index (χ2n) is 8.27. The first-order valence-corrected chi connectivity index (χ1v) is 12.1. The van der Waals surface area contributed by atoms with E-state index in [2.05, 4.69) is 6.92 Å². The largest absolute Gasteiger partial charge is 2.00 e. The van der Waals surface area contributed by atoms with E-state index in [4.69, 9.17) is 4.74 Å². The smallest absolute Gasteiger partial charge is 0.545 e. The van der Waals surface area contributed by atoms with Crippen LogP contribution in [0, 0.1) is 0 Å². The third kappa shape index (κ3) is 15.8. The molecule has 0 amide bonds. The molecule has 0 saturated heterocycles. The molecule has 0 N–H and O–H groups in total. The van der Waals surface area contributed by atoms with Crippen LogP contribution in [-0.2, 0) is 4.74 Å². The van der Waals surface area contributed by atoms with E-state index in [0.29, 0.717) is 6.61 Å². The summed E-state index contributed by atoms with van der Waals surface area (Å²) in [4.78, 5) is 23.1. The molecule has 0 spiro atoms. The van der Waals surface area contributed by atoms with Gasteiger partial charge in [-0.05, 0) is 12.5 Å². The van der Waals surface area contributed by atoms with Crippen molar-refractivity contribution in [2.45, 2.75) is 110 Å². The predicted molar refractivity (Wildman–Crippen MR) is 126 cm³/mol. The summed E-state index contributed by atoms with van der Waals surface area (Å²) in [7, 11) is 0. The molecule has 0 aliphatic heterocycles. The zero-order chi connectivity index (χ0) is 21.9. The summed E-state index contributed by atoms with van der Waals surface area (Å²) in [6.07, 6.45) is 20.7. The standard InChI is InChI=1S/C26H42O4.Ca/c1-2-3-4-5-6-7-8-9-10-11-12-13-14-15-16-19-22-30-26(29)24-21-18-17-20-23(24)25(27)28;/h17-18,20-21H,2-16,19,22H2,1H3,(H,27,28);/q;+2/p-1. The third-order valence-electron chi connectivity index (χ3n) is 5.60. The molecule has 1 rings (SSSR count). The normalized spacial score (nSPS) is 10.5. The summed E-state index contributed by atoms with van der Waals surface area (Å²) in [6, 6.07) is 6.01. The molecular weight excluding hydrogens is 416 g/mol. The van der Waals surface area contributed by atoms with Crippen LogP contribution >= 0.6 is 0 Å². The van der Waals surface area contributed by atoms with Gasteiger partial charge in [0, 0.05) is 5.56 Å². The number of hydrogen-bond donors (Lipinski definition) is 0. The molecule has 0 aliphatic carbocycles. The molecule has 0 atom stereocenters. The van der Waals surface area contributed by atoms with Gasteiger partial charge in [-0.25, -0.2) is 4.79 Å². The molecule has 1 aromatic carbocycles. The Morgan fingerprint density at radius 2 is 1.06 bits per heavy atom. The third-order valence-corrected chi connectivity index (χ3v) is 5.60. The second kappa shape index (κ2) is 21.3. The Hall–Kier alpha value is -0.580. The van der Waals surface area contributed by atoms with Gasteiger partial charge in [-0.15, -0.1) is 0 Å². The first-order valence-electron chi connectivity index (χ1n) is 12.1. The van der Waals surface area contributed by atoms with Crippen LogP contribution in [0.2, 0.25) is 0 Å². The summed E-state index contributed by atoms with van der Waals surface area (Å²) in [5, 5.41) is 11.0. The van der Waals surface area contributed by atoms with E-state index in [1.54, 1.807) is 12.1 Å². The van der Waals surface area contributed by atoms with Crippen LogP contribution in [0.15, 0.2) is 24.3 Å². The van der Waals surface area contributed by atoms with Gasteiger partial charge in [0.15, 0.2) is 0 Å². The van der Waals surface area contributed by atoms with E-state index in [1.165, 1.54) is 95.6 Å². The van der Waals surface area contributed by atoms with E-state index in [9.17, 15) is 14.7 Å². The molecule has 0 saturated carbocycles. The number of benzene rings is 1. The fraction of sp³-hybridized carbons (Fsp3) is 0.692. The first kappa shape index (κ1) is 30.4. The number of carbonyl (C=O) groups excluding carboxylic acids is 2. The molecule has 1 aromatic rings. The van der Waals surface area contributed by atoms with Crippen LogP contribution in [0.25, 0.3) is 0 Å². The molecule has 170 valence electrons. The zero-order valence-corrected chi connectivity index (χ0v) is 21.9. The van der Waals surface area contributed by atoms with Gasteiger partial charge in [0.2, 0.25) is 0 Å². The monoisotopic (exact) mass is 457 g/mol. The van der Waals surface area contributed by atoms with Gasteiger partial charge in [0.1, 0.15) is 0 Å². The van der Waals surface area contributed by atoms with Crippen molar-refractivity contribution >= 4 is 49.7 Å². The second-order valence-corrected chi connectivity index (χ2v) is 8.27. The Bertz CT molecular complexity index is 589. The number of hydrogen-bond acceptors (Lipinski definition) is 4. The Balaban J connectivity index is 0.00000900. The molecule has 5 heteroatoms. The van der Waals surface area contributed by atoms with Crippen molar-refractivity contribution in [1.82, 2.24) is 0 Å². The van der Waals surface area contributed by atoms with E-state index in [1.807, 2.05) is 0 Å². The van der Waals surface area contributed by atoms with E-state index >= 15 is 0 Å². The van der Waals surface area contributed by atoms with Crippen LogP contribution < -0.4 is 5.11 Å². The van der Waals surface area contributed by atoms with Gasteiger partial charge >= 0.3 is 43.7 Å². The topological polar surface area (TPSA) is 66.4 Å². The Morgan fingerprint density at radius 1 is 0.677 bits per heavy atom. The summed E-state index contributed by atoms with van der Waals surface area (Å²) < 4.78 is 5.21. The molecule has 4 nitrogen and oxygen atoms in total. The van der Waals surface area contributed by atoms with Crippen LogP contribution in [0.3, 0.4) is 0 Å². The maximum atomic E-state index is 12.0. The van der Waals surface area contributed by atoms with Crippen molar-refractivity contribution < 1.29 is 19.4 Å². The van der Waals surface area contributed by atoms with Crippen LogP contribution in [-0.4, -0.2) is 56.3 Å². The number of aromatic carboxylic acids is 1. The van der Waals surface area contributed by atoms with Crippen molar-refractivity contribution in [1.29, 1.82) is 0 Å². The molecule has 0 bridgehead atoms. The summed E-state index contributed by atoms with van der Waals surface area (Å²) in [6.45, 7) is 2.60. The van der Waals surface area contributed by atoms with E-state index < -0.39 is 11.9 Å². The summed E-state index contributed by atoms with van der Waals surface area (Å²) in [5.41, 5.74) is -0.0523. The summed E-state index contributed by atoms with van der Waals surface area (Å²) >= 11 is 0. The van der Waals surface area contributed by atoms with Gasteiger partial charge in [-0.3, -0.25) is 0 Å². The SMILES string of the molecule is CCCCCCCCCCCCCCCCCCOC(=O)c1ccccc1C(=O)[O-].[Ca+2]. The van der Waals surface area contributed by atoms with Crippen molar-refractivity contribution in [2.75, 3.05) is 6.61 Å². The van der Waals surface area contributed by atoms with Crippen molar-refractivity contribution in [2.24, 2.45) is 0 Å². The molecule has 0 unspecified atom stereocenters. The van der Waals surface area contributed by atoms with Gasteiger partial charge in [-0.2, -0.15) is 0 Å². The van der Waals surface area contributed by atoms with Crippen molar-refractivity contribution in [3.05, 3.63) is 35.4 Å². The number of carbonyl (C=O) groups is 2. The van der Waals surface area contributed by atoms with Crippen molar-refractivity contribution in [3.8, 4) is 0 Å². The van der Waals surface area contributed by atoms with Crippen LogP contribution in [0.5, 0.6) is 0 Å². The zero-order valence-electron chi connectivity index (χ0n) is 19.7. The van der Waals surface area contributed by atoms with Gasteiger partial charge in [0.05, 0.1) is 18.1 Å². The fourth-order valence-corrected chi connectivity index (χ4v) is 3.73. The average molecular weight is 458 g/mol. The Kier molecular flexibility index (Phi) is 20.9. The minimum Gasteiger partial charge on any atom is -0.545 e. The molecule has 31 heavy (non-hydrogen) atoms. The predicted octanol–water partition coefficient (Wildman–Crippen LogP) is 6.09. The van der Waals surface area contributed by atoms with Crippen LogP contribution in [0.1, 0.15) is 130 Å². The molecule has 0 radical (unpaired) electrons. The van der Waals surface area contributed by atoms with Gasteiger partial charge in [0.25, 0.3) is 0 Å². The summed E-state index contributed by atoms with van der Waals surface area (Å²) in [5.74, 6) is -1.94. The number of ether oxygens (including phenoxy) is 1. The van der Waals surface area contributed by atoms with Gasteiger partial charge in [-0.1, -0.05) is 121 Å². The number of esters is 1. The fourth-order valence-electron chi connectivity index (χ4n) is 3.73. The minimum atomic E-state index is -1.36. The quantitative estimate of drug-likeness (QED) is 0.143. The van der Waals surface area contributed by atoms with Crippen LogP contribution in [0.4, 0.5) is 0 Å². The molecule has 0 fully saturated rings.